The van der Waals surface area contributed by atoms with Crippen molar-refractivity contribution >= 4 is 17.3 Å². The molecular weight excluding hydrogens is 354 g/mol. The van der Waals surface area contributed by atoms with Crippen LogP contribution in [0.2, 0.25) is 0 Å². The van der Waals surface area contributed by atoms with Crippen molar-refractivity contribution in [1.29, 1.82) is 0 Å². The summed E-state index contributed by atoms with van der Waals surface area (Å²) in [7, 11) is 0. The minimum atomic E-state index is 0.643. The molecule has 0 spiro atoms. The van der Waals surface area contributed by atoms with Gasteiger partial charge in [-0.2, -0.15) is 0 Å². The molecule has 7 nitrogen and oxygen atoms in total. The van der Waals surface area contributed by atoms with Gasteiger partial charge in [-0.15, -0.1) is 0 Å². The Morgan fingerprint density at radius 3 is 2.93 bits per heavy atom. The quantitative estimate of drug-likeness (QED) is 0.526. The lowest BCUT2D eigenvalue weighted by Gasteiger charge is -2.13. The van der Waals surface area contributed by atoms with Crippen molar-refractivity contribution in [2.75, 3.05) is 31.6 Å². The molecular formula is C21H25N5O2. The van der Waals surface area contributed by atoms with Crippen LogP contribution in [0.5, 0.6) is 11.5 Å². The van der Waals surface area contributed by atoms with Gasteiger partial charge in [0.25, 0.3) is 0 Å². The monoisotopic (exact) mass is 379 g/mol. The van der Waals surface area contributed by atoms with Crippen LogP contribution in [0.1, 0.15) is 19.0 Å². The summed E-state index contributed by atoms with van der Waals surface area (Å²) in [6, 6.07) is 11.9. The first-order chi connectivity index (χ1) is 13.8. The Balaban J connectivity index is 1.42. The molecule has 0 atom stereocenters. The standard InChI is InChI=1S/C21H25N5O2/c1-2-22-21(23-10-9-17-15-26-11-4-3-6-20(26)24-17)25-16-7-8-18-19(14-16)28-13-5-12-27-18/h3-4,6-8,11,14-15H,2,5,9-10,12-13H2,1H3,(H2,22,23,25). The number of nitrogens with one attached hydrogen (secondary N) is 2. The number of aliphatic imine (C=N–C) groups is 1. The van der Waals surface area contributed by atoms with Crippen molar-refractivity contribution in [2.24, 2.45) is 4.99 Å². The van der Waals surface area contributed by atoms with Crippen molar-refractivity contribution in [3.8, 4) is 11.5 Å². The molecule has 7 heteroatoms. The summed E-state index contributed by atoms with van der Waals surface area (Å²) in [5.41, 5.74) is 2.90. The molecule has 0 radical (unpaired) electrons. The second-order valence-electron chi connectivity index (χ2n) is 6.55. The van der Waals surface area contributed by atoms with Crippen molar-refractivity contribution in [3.05, 3.63) is 54.5 Å². The molecule has 1 aliphatic rings. The van der Waals surface area contributed by atoms with E-state index in [1.165, 1.54) is 0 Å². The summed E-state index contributed by atoms with van der Waals surface area (Å²) in [5, 5.41) is 6.62. The fraction of sp³-hybridized carbons (Fsp3) is 0.333. The maximum absolute atomic E-state index is 5.76. The average Bonchev–Trinajstić information content (AvgIpc) is 2.97. The number of anilines is 1. The molecule has 0 bridgehead atoms. The zero-order valence-electron chi connectivity index (χ0n) is 16.0. The maximum atomic E-state index is 5.76. The van der Waals surface area contributed by atoms with Crippen LogP contribution in [-0.4, -0.2) is 41.6 Å². The SMILES string of the molecule is CCNC(=NCCc1cn2ccccc2n1)Nc1ccc2c(c1)OCCCO2. The van der Waals surface area contributed by atoms with Crippen LogP contribution in [0.25, 0.3) is 5.65 Å². The largest absolute Gasteiger partial charge is 0.490 e. The molecule has 28 heavy (non-hydrogen) atoms. The average molecular weight is 379 g/mol. The Morgan fingerprint density at radius 2 is 2.07 bits per heavy atom. The fourth-order valence-electron chi connectivity index (χ4n) is 3.07. The van der Waals surface area contributed by atoms with Crippen LogP contribution < -0.4 is 20.1 Å². The van der Waals surface area contributed by atoms with Gasteiger partial charge in [0.1, 0.15) is 5.65 Å². The Hall–Kier alpha value is -3.22. The summed E-state index contributed by atoms with van der Waals surface area (Å²) in [6.45, 7) is 4.83. The first-order valence-corrected chi connectivity index (χ1v) is 9.69. The zero-order chi connectivity index (χ0) is 19.2. The van der Waals surface area contributed by atoms with Crippen molar-refractivity contribution in [3.63, 3.8) is 0 Å². The van der Waals surface area contributed by atoms with Crippen LogP contribution in [0, 0.1) is 0 Å². The van der Waals surface area contributed by atoms with Crippen molar-refractivity contribution < 1.29 is 9.47 Å². The van der Waals surface area contributed by atoms with E-state index in [2.05, 4.69) is 26.8 Å². The predicted molar refractivity (Wildman–Crippen MR) is 111 cm³/mol. The third kappa shape index (κ3) is 4.36. The van der Waals surface area contributed by atoms with Crippen molar-refractivity contribution in [2.45, 2.75) is 19.8 Å². The van der Waals surface area contributed by atoms with Gasteiger partial charge in [0, 0.05) is 50.1 Å². The van der Waals surface area contributed by atoms with E-state index in [9.17, 15) is 0 Å². The molecule has 146 valence electrons. The van der Waals surface area contributed by atoms with Crippen LogP contribution in [0.4, 0.5) is 5.69 Å². The molecule has 2 N–H and O–H groups in total. The van der Waals surface area contributed by atoms with Crippen LogP contribution >= 0.6 is 0 Å². The smallest absolute Gasteiger partial charge is 0.195 e. The van der Waals surface area contributed by atoms with Gasteiger partial charge in [0.2, 0.25) is 0 Å². The van der Waals surface area contributed by atoms with E-state index in [0.717, 1.165) is 53.9 Å². The van der Waals surface area contributed by atoms with E-state index in [1.807, 2.05) is 53.9 Å². The molecule has 4 rings (SSSR count). The maximum Gasteiger partial charge on any atom is 0.195 e. The van der Waals surface area contributed by atoms with Gasteiger partial charge in [0.05, 0.1) is 18.9 Å². The number of benzene rings is 1. The van der Waals surface area contributed by atoms with Gasteiger partial charge in [-0.1, -0.05) is 6.07 Å². The van der Waals surface area contributed by atoms with Crippen molar-refractivity contribution in [1.82, 2.24) is 14.7 Å². The Kier molecular flexibility index (Phi) is 5.61. The van der Waals surface area contributed by atoms with Crippen LogP contribution in [0.3, 0.4) is 0 Å². The Bertz CT molecular complexity index is 933. The lowest BCUT2D eigenvalue weighted by Crippen LogP contribution is -2.30. The Labute approximate surface area is 164 Å². The highest BCUT2D eigenvalue weighted by atomic mass is 16.5. The number of ether oxygens (including phenoxy) is 2. The van der Waals surface area contributed by atoms with Gasteiger partial charge < -0.3 is 24.5 Å². The number of rotatable bonds is 5. The summed E-state index contributed by atoms with van der Waals surface area (Å²) in [6.07, 6.45) is 5.73. The van der Waals surface area contributed by atoms with E-state index >= 15 is 0 Å². The lowest BCUT2D eigenvalue weighted by atomic mass is 10.2. The number of pyridine rings is 1. The molecule has 2 aromatic heterocycles. The van der Waals surface area contributed by atoms with Gasteiger partial charge in [0.15, 0.2) is 17.5 Å². The van der Waals surface area contributed by atoms with E-state index < -0.39 is 0 Å². The predicted octanol–water partition coefficient (Wildman–Crippen LogP) is 3.12. The van der Waals surface area contributed by atoms with Gasteiger partial charge in [-0.25, -0.2) is 4.98 Å². The van der Waals surface area contributed by atoms with E-state index in [4.69, 9.17) is 9.47 Å². The zero-order valence-corrected chi connectivity index (χ0v) is 16.0. The molecule has 0 aliphatic carbocycles. The fourth-order valence-corrected chi connectivity index (χ4v) is 3.07. The highest BCUT2D eigenvalue weighted by Crippen LogP contribution is 2.32. The number of fused-ring (bicyclic) bond motifs is 2. The van der Waals surface area contributed by atoms with E-state index in [-0.39, 0.29) is 0 Å². The van der Waals surface area contributed by atoms with E-state index in [0.29, 0.717) is 19.8 Å². The third-order valence-electron chi connectivity index (χ3n) is 4.41. The molecule has 3 aromatic rings. The van der Waals surface area contributed by atoms with Gasteiger partial charge >= 0.3 is 0 Å². The molecule has 0 saturated heterocycles. The van der Waals surface area contributed by atoms with E-state index in [1.54, 1.807) is 0 Å². The second kappa shape index (κ2) is 8.65. The first kappa shape index (κ1) is 18.2. The topological polar surface area (TPSA) is 72.2 Å². The summed E-state index contributed by atoms with van der Waals surface area (Å²) in [5.74, 6) is 2.29. The molecule has 0 unspecified atom stereocenters. The summed E-state index contributed by atoms with van der Waals surface area (Å²) < 4.78 is 13.5. The number of imidazole rings is 1. The minimum Gasteiger partial charge on any atom is -0.490 e. The normalized spacial score (nSPS) is 14.0. The lowest BCUT2D eigenvalue weighted by molar-refractivity contribution is 0.297. The first-order valence-electron chi connectivity index (χ1n) is 9.69. The number of nitrogens with zero attached hydrogens (tertiary/aromatic N) is 3. The molecule has 0 amide bonds. The second-order valence-corrected chi connectivity index (χ2v) is 6.55. The number of aromatic nitrogens is 2. The minimum absolute atomic E-state index is 0.643. The Morgan fingerprint density at radius 1 is 1.18 bits per heavy atom. The molecule has 0 fully saturated rings. The highest BCUT2D eigenvalue weighted by molar-refractivity contribution is 5.93. The molecule has 1 aromatic carbocycles. The van der Waals surface area contributed by atoms with Crippen LogP contribution in [-0.2, 0) is 6.42 Å². The molecule has 3 heterocycles. The molecule has 0 saturated carbocycles. The van der Waals surface area contributed by atoms with Gasteiger partial charge in [-0.3, -0.25) is 4.99 Å². The molecule has 1 aliphatic heterocycles. The number of guanidine groups is 1. The highest BCUT2D eigenvalue weighted by Gasteiger charge is 2.11. The summed E-state index contributed by atoms with van der Waals surface area (Å²) >= 11 is 0. The number of hydrogen-bond acceptors (Lipinski definition) is 4. The van der Waals surface area contributed by atoms with Crippen LogP contribution in [0.15, 0.2) is 53.8 Å². The number of hydrogen-bond donors (Lipinski definition) is 2. The third-order valence-corrected chi connectivity index (χ3v) is 4.41. The summed E-state index contributed by atoms with van der Waals surface area (Å²) in [4.78, 5) is 9.30. The van der Waals surface area contributed by atoms with Gasteiger partial charge in [-0.05, 0) is 31.2 Å².